The minimum Gasteiger partial charge on any atom is -0.349 e. The SMILES string of the molecule is Cn1cc(Br)c2cc(CCCN)ccc21. The molecule has 0 aliphatic heterocycles. The molecule has 0 unspecified atom stereocenters. The number of aromatic nitrogens is 1. The maximum absolute atomic E-state index is 5.51. The molecule has 0 bridgehead atoms. The molecule has 0 atom stereocenters. The maximum atomic E-state index is 5.51. The van der Waals surface area contributed by atoms with Crippen LogP contribution in [0.25, 0.3) is 10.9 Å². The molecule has 15 heavy (non-hydrogen) atoms. The number of aryl methyl sites for hydroxylation is 2. The van der Waals surface area contributed by atoms with Crippen LogP contribution in [0.3, 0.4) is 0 Å². The molecular formula is C12H15BrN2. The van der Waals surface area contributed by atoms with Gasteiger partial charge in [-0.2, -0.15) is 0 Å². The van der Waals surface area contributed by atoms with Crippen molar-refractivity contribution in [3.05, 3.63) is 34.4 Å². The normalized spacial score (nSPS) is 11.1. The zero-order valence-corrected chi connectivity index (χ0v) is 10.4. The zero-order chi connectivity index (χ0) is 10.8. The summed E-state index contributed by atoms with van der Waals surface area (Å²) in [6.07, 6.45) is 4.21. The number of nitrogens with zero attached hydrogens (tertiary/aromatic N) is 1. The fourth-order valence-electron chi connectivity index (χ4n) is 1.85. The molecule has 0 fully saturated rings. The van der Waals surface area contributed by atoms with E-state index < -0.39 is 0 Å². The lowest BCUT2D eigenvalue weighted by molar-refractivity contribution is 0.833. The quantitative estimate of drug-likeness (QED) is 0.910. The average Bonchev–Trinajstić information content (AvgIpc) is 2.52. The van der Waals surface area contributed by atoms with Crippen molar-refractivity contribution in [3.63, 3.8) is 0 Å². The first-order valence-corrected chi connectivity index (χ1v) is 5.95. The summed E-state index contributed by atoms with van der Waals surface area (Å²) in [4.78, 5) is 0. The smallest absolute Gasteiger partial charge is 0.0489 e. The van der Waals surface area contributed by atoms with Crippen LogP contribution in [-0.4, -0.2) is 11.1 Å². The van der Waals surface area contributed by atoms with E-state index in [1.54, 1.807) is 0 Å². The van der Waals surface area contributed by atoms with E-state index in [9.17, 15) is 0 Å². The number of nitrogens with two attached hydrogens (primary N) is 1. The van der Waals surface area contributed by atoms with Crippen LogP contribution >= 0.6 is 15.9 Å². The van der Waals surface area contributed by atoms with Gasteiger partial charge in [-0.25, -0.2) is 0 Å². The second-order valence-corrected chi connectivity index (χ2v) is 4.69. The predicted octanol–water partition coefficient (Wildman–Crippen LogP) is 2.83. The predicted molar refractivity (Wildman–Crippen MR) is 68.0 cm³/mol. The monoisotopic (exact) mass is 266 g/mol. The zero-order valence-electron chi connectivity index (χ0n) is 8.83. The van der Waals surface area contributed by atoms with E-state index in [0.717, 1.165) is 23.9 Å². The van der Waals surface area contributed by atoms with E-state index in [0.29, 0.717) is 0 Å². The molecule has 1 aromatic heterocycles. The van der Waals surface area contributed by atoms with Crippen molar-refractivity contribution in [3.8, 4) is 0 Å². The molecule has 2 N–H and O–H groups in total. The summed E-state index contributed by atoms with van der Waals surface area (Å²) in [6, 6.07) is 6.60. The third-order valence-electron chi connectivity index (χ3n) is 2.67. The number of rotatable bonds is 3. The first kappa shape index (κ1) is 10.7. The van der Waals surface area contributed by atoms with E-state index in [4.69, 9.17) is 5.73 Å². The highest BCUT2D eigenvalue weighted by atomic mass is 79.9. The van der Waals surface area contributed by atoms with Crippen molar-refractivity contribution in [2.24, 2.45) is 12.8 Å². The topological polar surface area (TPSA) is 30.9 Å². The summed E-state index contributed by atoms with van der Waals surface area (Å²) in [5.41, 5.74) is 8.13. The van der Waals surface area contributed by atoms with E-state index >= 15 is 0 Å². The molecule has 3 heteroatoms. The fourth-order valence-corrected chi connectivity index (χ4v) is 2.48. The second kappa shape index (κ2) is 4.37. The molecule has 1 aromatic carbocycles. The molecule has 80 valence electrons. The van der Waals surface area contributed by atoms with Gasteiger partial charge >= 0.3 is 0 Å². The lowest BCUT2D eigenvalue weighted by Gasteiger charge is -2.01. The molecular weight excluding hydrogens is 252 g/mol. The van der Waals surface area contributed by atoms with E-state index in [2.05, 4.69) is 51.9 Å². The van der Waals surface area contributed by atoms with Gasteiger partial charge in [0.05, 0.1) is 0 Å². The van der Waals surface area contributed by atoms with Crippen LogP contribution in [-0.2, 0) is 13.5 Å². The summed E-state index contributed by atoms with van der Waals surface area (Å²) in [7, 11) is 2.06. The minimum atomic E-state index is 0.758. The Morgan fingerprint density at radius 2 is 2.20 bits per heavy atom. The molecule has 2 rings (SSSR count). The summed E-state index contributed by atoms with van der Waals surface area (Å²) in [6.45, 7) is 0.758. The summed E-state index contributed by atoms with van der Waals surface area (Å²) in [5, 5.41) is 1.28. The number of benzene rings is 1. The molecule has 0 aliphatic carbocycles. The lowest BCUT2D eigenvalue weighted by Crippen LogP contribution is -2.00. The number of hydrogen-bond donors (Lipinski definition) is 1. The molecule has 1 heterocycles. The second-order valence-electron chi connectivity index (χ2n) is 3.83. The summed E-state index contributed by atoms with van der Waals surface area (Å²) >= 11 is 3.57. The Morgan fingerprint density at radius 1 is 1.40 bits per heavy atom. The van der Waals surface area contributed by atoms with Crippen molar-refractivity contribution >= 4 is 26.8 Å². The van der Waals surface area contributed by atoms with Gasteiger partial charge in [-0.05, 0) is 53.0 Å². The molecule has 0 radical (unpaired) electrons. The molecule has 0 spiro atoms. The van der Waals surface area contributed by atoms with Gasteiger partial charge in [0.2, 0.25) is 0 Å². The Hall–Kier alpha value is -0.800. The van der Waals surface area contributed by atoms with Crippen molar-refractivity contribution < 1.29 is 0 Å². The molecule has 2 aromatic rings. The van der Waals surface area contributed by atoms with Gasteiger partial charge in [-0.15, -0.1) is 0 Å². The van der Waals surface area contributed by atoms with Crippen molar-refractivity contribution in [2.75, 3.05) is 6.54 Å². The van der Waals surface area contributed by atoms with Crippen LogP contribution in [0, 0.1) is 0 Å². The highest BCUT2D eigenvalue weighted by Gasteiger charge is 2.04. The number of halogens is 1. The number of hydrogen-bond acceptors (Lipinski definition) is 1. The Morgan fingerprint density at radius 3 is 2.93 bits per heavy atom. The number of fused-ring (bicyclic) bond motifs is 1. The van der Waals surface area contributed by atoms with Crippen LogP contribution in [0.4, 0.5) is 0 Å². The Labute approximate surface area is 98.2 Å². The van der Waals surface area contributed by atoms with E-state index in [1.807, 2.05) is 0 Å². The standard InChI is InChI=1S/C12H15BrN2/c1-15-8-11(13)10-7-9(3-2-6-14)4-5-12(10)15/h4-5,7-8H,2-3,6,14H2,1H3. The first-order chi connectivity index (χ1) is 7.22. The van der Waals surface area contributed by atoms with Crippen molar-refractivity contribution in [1.29, 1.82) is 0 Å². The molecule has 2 nitrogen and oxygen atoms in total. The van der Waals surface area contributed by atoms with Gasteiger partial charge in [0.1, 0.15) is 0 Å². The van der Waals surface area contributed by atoms with Crippen LogP contribution in [0.1, 0.15) is 12.0 Å². The highest BCUT2D eigenvalue weighted by molar-refractivity contribution is 9.10. The van der Waals surface area contributed by atoms with Gasteiger partial charge in [-0.3, -0.25) is 0 Å². The third kappa shape index (κ3) is 2.08. The van der Waals surface area contributed by atoms with Crippen LogP contribution in [0.2, 0.25) is 0 Å². The summed E-state index contributed by atoms with van der Waals surface area (Å²) in [5.74, 6) is 0. The van der Waals surface area contributed by atoms with Crippen LogP contribution in [0.15, 0.2) is 28.9 Å². The van der Waals surface area contributed by atoms with Crippen LogP contribution in [0.5, 0.6) is 0 Å². The van der Waals surface area contributed by atoms with E-state index in [1.165, 1.54) is 16.5 Å². The molecule has 0 amide bonds. The van der Waals surface area contributed by atoms with Gasteiger partial charge in [-0.1, -0.05) is 6.07 Å². The highest BCUT2D eigenvalue weighted by Crippen LogP contribution is 2.26. The van der Waals surface area contributed by atoms with Gasteiger partial charge in [0.25, 0.3) is 0 Å². The summed E-state index contributed by atoms with van der Waals surface area (Å²) < 4.78 is 3.29. The molecule has 0 aliphatic rings. The van der Waals surface area contributed by atoms with Crippen molar-refractivity contribution in [1.82, 2.24) is 4.57 Å². The lowest BCUT2D eigenvalue weighted by atomic mass is 10.1. The van der Waals surface area contributed by atoms with E-state index in [-0.39, 0.29) is 0 Å². The minimum absolute atomic E-state index is 0.758. The third-order valence-corrected chi connectivity index (χ3v) is 3.31. The molecule has 0 saturated heterocycles. The maximum Gasteiger partial charge on any atom is 0.0489 e. The largest absolute Gasteiger partial charge is 0.349 e. The Bertz CT molecular complexity index is 474. The van der Waals surface area contributed by atoms with Crippen molar-refractivity contribution in [2.45, 2.75) is 12.8 Å². The fraction of sp³-hybridized carbons (Fsp3) is 0.333. The van der Waals surface area contributed by atoms with Crippen LogP contribution < -0.4 is 5.73 Å². The Kier molecular flexibility index (Phi) is 3.12. The van der Waals surface area contributed by atoms with Gasteiger partial charge < -0.3 is 10.3 Å². The first-order valence-electron chi connectivity index (χ1n) is 5.16. The average molecular weight is 267 g/mol. The Balaban J connectivity index is 2.41. The van der Waals surface area contributed by atoms with Gasteiger partial charge in [0.15, 0.2) is 0 Å². The van der Waals surface area contributed by atoms with Gasteiger partial charge in [0, 0.05) is 28.6 Å². The molecule has 0 saturated carbocycles.